The van der Waals surface area contributed by atoms with Gasteiger partial charge in [-0.15, -0.1) is 0 Å². The second-order valence-corrected chi connectivity index (χ2v) is 4.05. The van der Waals surface area contributed by atoms with E-state index in [1.807, 2.05) is 0 Å². The summed E-state index contributed by atoms with van der Waals surface area (Å²) in [5, 5.41) is 8.88. The van der Waals surface area contributed by atoms with E-state index < -0.39 is 6.09 Å². The third-order valence-electron chi connectivity index (χ3n) is 2.92. The molecule has 3 atom stereocenters. The molecular weight excluding hydrogens is 208 g/mol. The molecule has 86 valence electrons. The number of carbonyl (C=O) groups is 1. The summed E-state index contributed by atoms with van der Waals surface area (Å²) in [7, 11) is 0. The Labute approximate surface area is 94.1 Å². The van der Waals surface area contributed by atoms with Gasteiger partial charge < -0.3 is 9.47 Å². The summed E-state index contributed by atoms with van der Waals surface area (Å²) in [6.07, 6.45) is 0.924. The smallest absolute Gasteiger partial charge is 0.433 e. The zero-order valence-corrected chi connectivity index (χ0v) is 9.18. The maximum absolute atomic E-state index is 11.2. The minimum absolute atomic E-state index is 0.0395. The van der Waals surface area contributed by atoms with Gasteiger partial charge >= 0.3 is 6.09 Å². The van der Waals surface area contributed by atoms with Crippen LogP contribution in [0.15, 0.2) is 4.99 Å². The highest BCUT2D eigenvalue weighted by Gasteiger charge is 2.42. The fraction of sp³-hybridized carbons (Fsp3) is 0.727. The van der Waals surface area contributed by atoms with Crippen molar-refractivity contribution in [3.8, 4) is 6.07 Å². The molecule has 2 unspecified atom stereocenters. The van der Waals surface area contributed by atoms with Crippen LogP contribution >= 0.6 is 0 Å². The number of hydrogen-bond acceptors (Lipinski definition) is 4. The Hall–Kier alpha value is -1.41. The largest absolute Gasteiger partial charge is 0.448 e. The Kier molecular flexibility index (Phi) is 3.20. The van der Waals surface area contributed by atoms with Crippen molar-refractivity contribution >= 4 is 11.8 Å². The fourth-order valence-electron chi connectivity index (χ4n) is 2.08. The van der Waals surface area contributed by atoms with Gasteiger partial charge in [0.1, 0.15) is 0 Å². The van der Waals surface area contributed by atoms with Crippen LogP contribution < -0.4 is 0 Å². The van der Waals surface area contributed by atoms with Crippen molar-refractivity contribution in [1.82, 2.24) is 0 Å². The van der Waals surface area contributed by atoms with Crippen molar-refractivity contribution in [3.63, 3.8) is 0 Å². The molecule has 5 nitrogen and oxygen atoms in total. The molecule has 1 aliphatic heterocycles. The van der Waals surface area contributed by atoms with Gasteiger partial charge in [-0.1, -0.05) is 0 Å². The zero-order valence-electron chi connectivity index (χ0n) is 9.18. The van der Waals surface area contributed by atoms with Crippen molar-refractivity contribution in [2.75, 3.05) is 13.2 Å². The highest BCUT2D eigenvalue weighted by Crippen LogP contribution is 2.36. The van der Waals surface area contributed by atoms with Gasteiger partial charge in [-0.2, -0.15) is 10.3 Å². The van der Waals surface area contributed by atoms with Gasteiger partial charge in [0, 0.05) is 18.1 Å². The standard InChI is InChI=1S/C11H14N2O3/c1-2-15-11(14)13-9-4-7(5-12)3-8(9)10-6-16-10/h7-8,10H,2-4,6H2,1H3/t7?,8?,10-/m0/s1. The predicted octanol–water partition coefficient (Wildman–Crippen LogP) is 1.53. The maximum atomic E-state index is 11.2. The molecule has 0 aromatic heterocycles. The van der Waals surface area contributed by atoms with E-state index in [1.165, 1.54) is 0 Å². The van der Waals surface area contributed by atoms with Crippen LogP contribution in [0.1, 0.15) is 19.8 Å². The van der Waals surface area contributed by atoms with E-state index in [4.69, 9.17) is 14.7 Å². The van der Waals surface area contributed by atoms with E-state index in [1.54, 1.807) is 6.92 Å². The van der Waals surface area contributed by atoms with E-state index >= 15 is 0 Å². The lowest BCUT2D eigenvalue weighted by Gasteiger charge is -2.05. The topological polar surface area (TPSA) is 75.0 Å². The Bertz CT molecular complexity index is 355. The first-order chi connectivity index (χ1) is 7.74. The van der Waals surface area contributed by atoms with Crippen molar-refractivity contribution < 1.29 is 14.3 Å². The lowest BCUT2D eigenvalue weighted by Crippen LogP contribution is -2.15. The first kappa shape index (κ1) is 11.1. The average molecular weight is 222 g/mol. The van der Waals surface area contributed by atoms with E-state index in [0.29, 0.717) is 19.6 Å². The van der Waals surface area contributed by atoms with E-state index in [-0.39, 0.29) is 17.9 Å². The average Bonchev–Trinajstić information content (AvgIpc) is 3.02. The van der Waals surface area contributed by atoms with Crippen molar-refractivity contribution in [3.05, 3.63) is 0 Å². The summed E-state index contributed by atoms with van der Waals surface area (Å²) in [5.41, 5.74) is 0.771. The van der Waals surface area contributed by atoms with Gasteiger partial charge in [-0.05, 0) is 13.3 Å². The maximum Gasteiger partial charge on any atom is 0.433 e. The molecular formula is C11H14N2O3. The minimum Gasteiger partial charge on any atom is -0.448 e. The van der Waals surface area contributed by atoms with E-state index in [0.717, 1.165) is 12.1 Å². The molecule has 1 saturated heterocycles. The molecule has 0 spiro atoms. The molecule has 1 heterocycles. The molecule has 1 amide bonds. The van der Waals surface area contributed by atoms with E-state index in [9.17, 15) is 4.79 Å². The summed E-state index contributed by atoms with van der Waals surface area (Å²) in [6.45, 7) is 2.78. The number of nitriles is 1. The molecule has 0 aromatic carbocycles. The van der Waals surface area contributed by atoms with Crippen LogP contribution in [0.4, 0.5) is 4.79 Å². The fourth-order valence-corrected chi connectivity index (χ4v) is 2.08. The first-order valence-corrected chi connectivity index (χ1v) is 5.50. The Morgan fingerprint density at radius 3 is 3.06 bits per heavy atom. The lowest BCUT2D eigenvalue weighted by molar-refractivity contribution is 0.163. The van der Waals surface area contributed by atoms with Crippen LogP contribution in [0, 0.1) is 23.2 Å². The van der Waals surface area contributed by atoms with Crippen LogP contribution in [-0.4, -0.2) is 31.1 Å². The Morgan fingerprint density at radius 2 is 2.50 bits per heavy atom. The number of ether oxygens (including phenoxy) is 2. The molecule has 16 heavy (non-hydrogen) atoms. The first-order valence-electron chi connectivity index (χ1n) is 5.50. The molecule has 2 fully saturated rings. The van der Waals surface area contributed by atoms with Crippen LogP contribution in [0.25, 0.3) is 0 Å². The highest BCUT2D eigenvalue weighted by atomic mass is 16.6. The van der Waals surface area contributed by atoms with Gasteiger partial charge in [0.25, 0.3) is 0 Å². The molecule has 0 aromatic rings. The number of nitrogens with zero attached hydrogens (tertiary/aromatic N) is 2. The third-order valence-corrected chi connectivity index (χ3v) is 2.92. The number of aliphatic imine (C=N–C) groups is 1. The molecule has 1 saturated carbocycles. The summed E-state index contributed by atoms with van der Waals surface area (Å²) < 4.78 is 9.99. The summed E-state index contributed by atoms with van der Waals surface area (Å²) in [4.78, 5) is 15.2. The quantitative estimate of drug-likeness (QED) is 0.664. The summed E-state index contributed by atoms with van der Waals surface area (Å²) in [6, 6.07) is 2.22. The van der Waals surface area contributed by atoms with Crippen molar-refractivity contribution in [1.29, 1.82) is 5.26 Å². The van der Waals surface area contributed by atoms with Gasteiger partial charge in [-0.3, -0.25) is 0 Å². The van der Waals surface area contributed by atoms with Gasteiger partial charge in [0.2, 0.25) is 0 Å². The molecule has 5 heteroatoms. The highest BCUT2D eigenvalue weighted by molar-refractivity contribution is 5.97. The predicted molar refractivity (Wildman–Crippen MR) is 56.0 cm³/mol. The normalized spacial score (nSPS) is 34.8. The number of hydrogen-bond donors (Lipinski definition) is 0. The molecule has 2 rings (SSSR count). The van der Waals surface area contributed by atoms with Crippen LogP contribution in [0.3, 0.4) is 0 Å². The van der Waals surface area contributed by atoms with Gasteiger partial charge in [0.05, 0.1) is 31.3 Å². The number of rotatable bonds is 2. The van der Waals surface area contributed by atoms with Crippen LogP contribution in [0.2, 0.25) is 0 Å². The summed E-state index contributed by atoms with van der Waals surface area (Å²) >= 11 is 0. The minimum atomic E-state index is -0.554. The monoisotopic (exact) mass is 222 g/mol. The molecule has 0 N–H and O–H groups in total. The second-order valence-electron chi connectivity index (χ2n) is 4.05. The number of epoxide rings is 1. The molecule has 2 aliphatic rings. The van der Waals surface area contributed by atoms with Crippen molar-refractivity contribution in [2.45, 2.75) is 25.9 Å². The van der Waals surface area contributed by atoms with Gasteiger partial charge in [0.15, 0.2) is 0 Å². The van der Waals surface area contributed by atoms with Crippen molar-refractivity contribution in [2.24, 2.45) is 16.8 Å². The molecule has 0 bridgehead atoms. The Balaban J connectivity index is 2.06. The zero-order chi connectivity index (χ0) is 11.5. The second kappa shape index (κ2) is 4.62. The van der Waals surface area contributed by atoms with Crippen LogP contribution in [-0.2, 0) is 9.47 Å². The van der Waals surface area contributed by atoms with E-state index in [2.05, 4.69) is 11.1 Å². The SMILES string of the molecule is CCOC(=O)N=C1CC(C#N)CC1[C@@H]1CO1. The lowest BCUT2D eigenvalue weighted by atomic mass is 10.0. The van der Waals surface area contributed by atoms with Gasteiger partial charge in [-0.25, -0.2) is 4.79 Å². The number of amides is 1. The molecule has 1 aliphatic carbocycles. The number of carbonyl (C=O) groups excluding carboxylic acids is 1. The summed E-state index contributed by atoms with van der Waals surface area (Å²) in [5.74, 6) is 0.0939. The molecule has 0 radical (unpaired) electrons. The van der Waals surface area contributed by atoms with Crippen LogP contribution in [0.5, 0.6) is 0 Å². The Morgan fingerprint density at radius 1 is 1.75 bits per heavy atom. The third kappa shape index (κ3) is 2.39.